The lowest BCUT2D eigenvalue weighted by Gasteiger charge is -2.12. The molecule has 2 aromatic carbocycles. The van der Waals surface area contributed by atoms with Crippen LogP contribution in [0.3, 0.4) is 0 Å². The van der Waals surface area contributed by atoms with Gasteiger partial charge in [0.05, 0.1) is 21.8 Å². The van der Waals surface area contributed by atoms with Gasteiger partial charge in [-0.15, -0.1) is 0 Å². The predicted molar refractivity (Wildman–Crippen MR) is 70.7 cm³/mol. The van der Waals surface area contributed by atoms with Crippen LogP contribution in [0.1, 0.15) is 15.9 Å². The second-order valence-corrected chi connectivity index (χ2v) is 4.78. The third-order valence-electron chi connectivity index (χ3n) is 2.82. The Bertz CT molecular complexity index is 775. The lowest BCUT2D eigenvalue weighted by molar-refractivity contribution is -0.137. The zero-order valence-corrected chi connectivity index (χ0v) is 11.7. The van der Waals surface area contributed by atoms with Crippen molar-refractivity contribution in [3.8, 4) is 0 Å². The summed E-state index contributed by atoms with van der Waals surface area (Å²) in [6, 6.07) is 3.29. The zero-order chi connectivity index (χ0) is 17.4. The van der Waals surface area contributed by atoms with Crippen LogP contribution in [-0.4, -0.2) is 5.91 Å². The SMILES string of the molecule is O=C(Nc1cc(C(F)(F)F)ccc1Cl)c1ccc(F)c(F)c1F. The van der Waals surface area contributed by atoms with E-state index in [1.807, 2.05) is 5.32 Å². The molecule has 0 radical (unpaired) electrons. The van der Waals surface area contributed by atoms with Gasteiger partial charge in [0.25, 0.3) is 5.91 Å². The third kappa shape index (κ3) is 3.58. The van der Waals surface area contributed by atoms with Crippen LogP contribution in [0.4, 0.5) is 32.0 Å². The Morgan fingerprint density at radius 2 is 1.65 bits per heavy atom. The van der Waals surface area contributed by atoms with Gasteiger partial charge in [-0.3, -0.25) is 4.79 Å². The van der Waals surface area contributed by atoms with E-state index in [1.165, 1.54) is 0 Å². The highest BCUT2D eigenvalue weighted by molar-refractivity contribution is 6.34. The molecule has 2 aromatic rings. The Labute approximate surface area is 130 Å². The van der Waals surface area contributed by atoms with Crippen molar-refractivity contribution in [1.82, 2.24) is 0 Å². The van der Waals surface area contributed by atoms with Crippen LogP contribution in [0, 0.1) is 17.5 Å². The minimum Gasteiger partial charge on any atom is -0.321 e. The van der Waals surface area contributed by atoms with Gasteiger partial charge in [0.1, 0.15) is 0 Å². The van der Waals surface area contributed by atoms with Gasteiger partial charge in [0, 0.05) is 0 Å². The molecule has 9 heteroatoms. The molecule has 0 heterocycles. The molecule has 122 valence electrons. The minimum atomic E-state index is -4.68. The van der Waals surface area contributed by atoms with E-state index in [1.54, 1.807) is 0 Å². The van der Waals surface area contributed by atoms with E-state index in [0.717, 1.165) is 6.07 Å². The van der Waals surface area contributed by atoms with Crippen molar-refractivity contribution in [2.75, 3.05) is 5.32 Å². The molecule has 0 saturated carbocycles. The molecule has 0 aliphatic heterocycles. The van der Waals surface area contributed by atoms with Gasteiger partial charge in [-0.25, -0.2) is 13.2 Å². The molecule has 0 atom stereocenters. The molecule has 0 unspecified atom stereocenters. The molecule has 0 bridgehead atoms. The molecule has 0 aliphatic rings. The Hall–Kier alpha value is -2.22. The van der Waals surface area contributed by atoms with E-state index < -0.39 is 46.3 Å². The monoisotopic (exact) mass is 353 g/mol. The summed E-state index contributed by atoms with van der Waals surface area (Å²) in [6.45, 7) is 0. The molecule has 1 amide bonds. The van der Waals surface area contributed by atoms with E-state index >= 15 is 0 Å². The van der Waals surface area contributed by atoms with Crippen molar-refractivity contribution in [2.45, 2.75) is 6.18 Å². The molecule has 0 aromatic heterocycles. The van der Waals surface area contributed by atoms with Crippen LogP contribution in [-0.2, 0) is 6.18 Å². The van der Waals surface area contributed by atoms with E-state index in [4.69, 9.17) is 11.6 Å². The van der Waals surface area contributed by atoms with Crippen LogP contribution in [0.2, 0.25) is 5.02 Å². The number of rotatable bonds is 2. The molecule has 0 fully saturated rings. The van der Waals surface area contributed by atoms with Crippen LogP contribution in [0.15, 0.2) is 30.3 Å². The molecule has 0 spiro atoms. The average Bonchev–Trinajstić information content (AvgIpc) is 2.46. The molecule has 1 N–H and O–H groups in total. The number of hydrogen-bond donors (Lipinski definition) is 1. The number of hydrogen-bond acceptors (Lipinski definition) is 1. The molecule has 2 nitrogen and oxygen atoms in total. The van der Waals surface area contributed by atoms with Gasteiger partial charge in [-0.1, -0.05) is 11.6 Å². The summed E-state index contributed by atoms with van der Waals surface area (Å²) in [7, 11) is 0. The lowest BCUT2D eigenvalue weighted by atomic mass is 10.1. The zero-order valence-electron chi connectivity index (χ0n) is 10.9. The number of carbonyl (C=O) groups is 1. The van der Waals surface area contributed by atoms with E-state index in [0.29, 0.717) is 24.3 Å². The number of carbonyl (C=O) groups excluding carboxylic acids is 1. The standard InChI is InChI=1S/C14H6ClF6NO/c15-8-3-1-6(14(19,20)21)5-10(8)22-13(23)7-2-4-9(16)12(18)11(7)17/h1-5H,(H,22,23). The first-order valence-electron chi connectivity index (χ1n) is 5.93. The number of halogens is 7. The first kappa shape index (κ1) is 17.1. The molecule has 23 heavy (non-hydrogen) atoms. The fourth-order valence-electron chi connectivity index (χ4n) is 1.69. The number of amides is 1. The van der Waals surface area contributed by atoms with E-state index in [-0.39, 0.29) is 5.02 Å². The second kappa shape index (κ2) is 6.11. The summed E-state index contributed by atoms with van der Waals surface area (Å²) in [6.07, 6.45) is -4.68. The summed E-state index contributed by atoms with van der Waals surface area (Å²) >= 11 is 5.66. The quantitative estimate of drug-likeness (QED) is 0.595. The Morgan fingerprint density at radius 1 is 1.00 bits per heavy atom. The largest absolute Gasteiger partial charge is 0.416 e. The van der Waals surface area contributed by atoms with Crippen molar-refractivity contribution in [3.63, 3.8) is 0 Å². The number of alkyl halides is 3. The van der Waals surface area contributed by atoms with Gasteiger partial charge in [-0.2, -0.15) is 13.2 Å². The topological polar surface area (TPSA) is 29.1 Å². The van der Waals surface area contributed by atoms with E-state index in [2.05, 4.69) is 0 Å². The van der Waals surface area contributed by atoms with E-state index in [9.17, 15) is 31.1 Å². The lowest BCUT2D eigenvalue weighted by Crippen LogP contribution is -2.16. The minimum absolute atomic E-state index is 0.241. The molecular formula is C14H6ClF6NO. The summed E-state index contributed by atoms with van der Waals surface area (Å²) in [5.74, 6) is -6.41. The van der Waals surface area contributed by atoms with Crippen LogP contribution in [0.25, 0.3) is 0 Å². The van der Waals surface area contributed by atoms with Crippen LogP contribution in [0.5, 0.6) is 0 Å². The fraction of sp³-hybridized carbons (Fsp3) is 0.0714. The summed E-state index contributed by atoms with van der Waals surface area (Å²) in [5, 5.41) is 1.69. The maximum absolute atomic E-state index is 13.5. The van der Waals surface area contributed by atoms with Gasteiger partial charge >= 0.3 is 6.18 Å². The molecule has 0 aliphatic carbocycles. The maximum atomic E-state index is 13.5. The van der Waals surface area contributed by atoms with Gasteiger partial charge in [0.15, 0.2) is 17.5 Å². The van der Waals surface area contributed by atoms with Crippen molar-refractivity contribution in [3.05, 3.63) is 63.9 Å². The highest BCUT2D eigenvalue weighted by Gasteiger charge is 2.31. The smallest absolute Gasteiger partial charge is 0.321 e. The molecular weight excluding hydrogens is 348 g/mol. The number of anilines is 1. The third-order valence-corrected chi connectivity index (χ3v) is 3.15. The number of nitrogens with one attached hydrogen (secondary N) is 1. The summed E-state index contributed by atoms with van der Waals surface area (Å²) in [5.41, 5.74) is -2.42. The Balaban J connectivity index is 2.36. The first-order chi connectivity index (χ1) is 10.6. The van der Waals surface area contributed by atoms with Crippen molar-refractivity contribution >= 4 is 23.2 Å². The normalized spacial score (nSPS) is 11.4. The van der Waals surface area contributed by atoms with Crippen LogP contribution >= 0.6 is 11.6 Å². The average molecular weight is 354 g/mol. The highest BCUT2D eigenvalue weighted by atomic mass is 35.5. The number of benzene rings is 2. The summed E-state index contributed by atoms with van der Waals surface area (Å²) in [4.78, 5) is 11.8. The van der Waals surface area contributed by atoms with Gasteiger partial charge in [-0.05, 0) is 30.3 Å². The van der Waals surface area contributed by atoms with Crippen molar-refractivity contribution in [1.29, 1.82) is 0 Å². The first-order valence-corrected chi connectivity index (χ1v) is 6.30. The maximum Gasteiger partial charge on any atom is 0.416 e. The Kier molecular flexibility index (Phi) is 4.56. The van der Waals surface area contributed by atoms with Crippen LogP contribution < -0.4 is 5.32 Å². The Morgan fingerprint density at radius 3 is 2.26 bits per heavy atom. The van der Waals surface area contributed by atoms with Gasteiger partial charge in [0.2, 0.25) is 0 Å². The molecule has 0 saturated heterocycles. The second-order valence-electron chi connectivity index (χ2n) is 4.37. The van der Waals surface area contributed by atoms with Gasteiger partial charge < -0.3 is 5.32 Å². The highest BCUT2D eigenvalue weighted by Crippen LogP contribution is 2.34. The fourth-order valence-corrected chi connectivity index (χ4v) is 1.85. The van der Waals surface area contributed by atoms with Crippen molar-refractivity contribution < 1.29 is 31.1 Å². The molecule has 2 rings (SSSR count). The summed E-state index contributed by atoms with van der Waals surface area (Å²) < 4.78 is 77.2. The van der Waals surface area contributed by atoms with Crippen molar-refractivity contribution in [2.24, 2.45) is 0 Å². The predicted octanol–water partition coefficient (Wildman–Crippen LogP) is 5.03.